The molecule has 3 aliphatic rings. The number of fused-ring (bicyclic) bond motifs is 5. The van der Waals surface area contributed by atoms with E-state index in [-0.39, 0.29) is 46.5 Å². The SMILES string of the molecule is CC(C)(C)C1=CC(C)(C)c2cc3[cH-]c4cc5c(cc4c3cc21)C(C(C)(C)C)=CC5(C)C.Clc1cccc([C](=[Zr+2])c2cccc(Cl)c2)c1.[C-]1=CC=CC1.[Cl-].[Cl-]. The van der Waals surface area contributed by atoms with E-state index in [0.717, 1.165) is 27.6 Å². The summed E-state index contributed by atoms with van der Waals surface area (Å²) < 4.78 is 1.26. The van der Waals surface area contributed by atoms with Crippen molar-refractivity contribution < 1.29 is 49.0 Å². The van der Waals surface area contributed by atoms with Crippen LogP contribution in [0.1, 0.15) is 109 Å². The molecule has 0 atom stereocenters. The number of hydrogen-bond acceptors (Lipinski definition) is 0. The van der Waals surface area contributed by atoms with Gasteiger partial charge in [0, 0.05) is 10.8 Å². The topological polar surface area (TPSA) is 0 Å². The molecule has 0 amide bonds. The van der Waals surface area contributed by atoms with Crippen LogP contribution in [-0.4, -0.2) is 3.21 Å². The molecule has 0 saturated heterocycles. The molecule has 5 heteroatoms. The Morgan fingerprint density at radius 1 is 0.667 bits per heavy atom. The summed E-state index contributed by atoms with van der Waals surface area (Å²) >= 11 is 13.3. The van der Waals surface area contributed by atoms with Crippen molar-refractivity contribution in [1.29, 1.82) is 0 Å². The summed E-state index contributed by atoms with van der Waals surface area (Å²) in [6.45, 7) is 23.5. The van der Waals surface area contributed by atoms with Gasteiger partial charge in [-0.3, -0.25) is 6.08 Å². The van der Waals surface area contributed by atoms with Gasteiger partial charge in [-0.1, -0.05) is 105 Å². The van der Waals surface area contributed by atoms with Gasteiger partial charge in [-0.25, -0.2) is 12.2 Å². The van der Waals surface area contributed by atoms with Gasteiger partial charge in [0.05, 0.1) is 0 Å². The van der Waals surface area contributed by atoms with Gasteiger partial charge in [0.2, 0.25) is 0 Å². The fraction of sp³-hybridized carbons (Fsp3) is 0.306. The molecule has 0 radical (unpaired) electrons. The summed E-state index contributed by atoms with van der Waals surface area (Å²) in [4.78, 5) is 0. The molecular formula is C49H50Cl4Zr-2. The van der Waals surface area contributed by atoms with Crippen LogP contribution in [0.2, 0.25) is 10.0 Å². The zero-order valence-electron chi connectivity index (χ0n) is 33.1. The fourth-order valence-corrected chi connectivity index (χ4v) is 8.83. The molecule has 0 unspecified atom stereocenters. The zero-order valence-corrected chi connectivity index (χ0v) is 38.6. The molecule has 0 nitrogen and oxygen atoms in total. The monoisotopic (exact) mass is 868 g/mol. The number of allylic oxidation sites excluding steroid dienone is 8. The summed E-state index contributed by atoms with van der Waals surface area (Å²) in [5.74, 6) is 0. The van der Waals surface area contributed by atoms with E-state index < -0.39 is 0 Å². The van der Waals surface area contributed by atoms with Crippen LogP contribution in [0, 0.1) is 16.9 Å². The van der Waals surface area contributed by atoms with Crippen molar-refractivity contribution in [1.82, 2.24) is 0 Å². The predicted molar refractivity (Wildman–Crippen MR) is 226 cm³/mol. The van der Waals surface area contributed by atoms with Gasteiger partial charge in [0.1, 0.15) is 0 Å². The van der Waals surface area contributed by atoms with Crippen LogP contribution in [-0.2, 0) is 35.1 Å². The van der Waals surface area contributed by atoms with Gasteiger partial charge in [-0.05, 0) is 33.1 Å². The number of benzene rings is 4. The molecule has 54 heavy (non-hydrogen) atoms. The van der Waals surface area contributed by atoms with Crippen LogP contribution in [0.15, 0.2) is 109 Å². The summed E-state index contributed by atoms with van der Waals surface area (Å²) in [6, 6.07) is 28.1. The second-order valence-electron chi connectivity index (χ2n) is 17.6. The first-order valence-corrected chi connectivity index (χ1v) is 20.3. The van der Waals surface area contributed by atoms with Crippen LogP contribution < -0.4 is 24.8 Å². The van der Waals surface area contributed by atoms with E-state index in [1.165, 1.54) is 82.4 Å². The van der Waals surface area contributed by atoms with Crippen LogP contribution in [0.4, 0.5) is 0 Å². The Morgan fingerprint density at radius 2 is 1.09 bits per heavy atom. The summed E-state index contributed by atoms with van der Waals surface area (Å²) in [5, 5.41) is 7.10. The van der Waals surface area contributed by atoms with Crippen LogP contribution in [0.3, 0.4) is 0 Å². The average Bonchev–Trinajstić information content (AvgIpc) is 3.85. The Morgan fingerprint density at radius 3 is 1.41 bits per heavy atom. The van der Waals surface area contributed by atoms with Gasteiger partial charge in [0.15, 0.2) is 0 Å². The molecule has 0 aromatic heterocycles. The van der Waals surface area contributed by atoms with Crippen LogP contribution >= 0.6 is 23.2 Å². The first-order chi connectivity index (χ1) is 24.3. The third kappa shape index (κ3) is 9.25. The maximum absolute atomic E-state index is 5.98. The Bertz CT molecular complexity index is 2170. The van der Waals surface area contributed by atoms with E-state index in [2.05, 4.69) is 136 Å². The second kappa shape index (κ2) is 16.6. The Labute approximate surface area is 361 Å². The van der Waals surface area contributed by atoms with Crippen molar-refractivity contribution in [2.75, 3.05) is 0 Å². The fourth-order valence-electron chi connectivity index (χ4n) is 7.69. The van der Waals surface area contributed by atoms with Crippen molar-refractivity contribution in [2.24, 2.45) is 10.8 Å². The minimum atomic E-state index is 0. The molecule has 3 aliphatic carbocycles. The Hall–Kier alpha value is -2.38. The molecule has 0 aliphatic heterocycles. The largest absolute Gasteiger partial charge is 1.00 e. The predicted octanol–water partition coefficient (Wildman–Crippen LogP) is 8.58. The van der Waals surface area contributed by atoms with Gasteiger partial charge < -0.3 is 24.8 Å². The second-order valence-corrected chi connectivity index (χ2v) is 19.7. The third-order valence-electron chi connectivity index (χ3n) is 10.4. The first-order valence-electron chi connectivity index (χ1n) is 18.3. The minimum absolute atomic E-state index is 0. The van der Waals surface area contributed by atoms with E-state index in [0.29, 0.717) is 0 Å². The number of rotatable bonds is 2. The molecular weight excluding hydrogens is 822 g/mol. The molecule has 5 aromatic carbocycles. The third-order valence-corrected chi connectivity index (χ3v) is 12.3. The summed E-state index contributed by atoms with van der Waals surface area (Å²) in [7, 11) is 0. The van der Waals surface area contributed by atoms with Crippen molar-refractivity contribution in [2.45, 2.75) is 86.5 Å². The van der Waals surface area contributed by atoms with Crippen molar-refractivity contribution in [3.8, 4) is 0 Å². The van der Waals surface area contributed by atoms with E-state index in [1.807, 2.05) is 48.6 Å². The molecule has 8 rings (SSSR count). The summed E-state index contributed by atoms with van der Waals surface area (Å²) in [5.41, 5.74) is 11.6. The van der Waals surface area contributed by atoms with Crippen LogP contribution in [0.5, 0.6) is 0 Å². The maximum Gasteiger partial charge on any atom is -0.109 e. The molecule has 280 valence electrons. The van der Waals surface area contributed by atoms with Crippen LogP contribution in [0.25, 0.3) is 32.7 Å². The Kier molecular flexibility index (Phi) is 13.6. The van der Waals surface area contributed by atoms with Crippen molar-refractivity contribution >= 4 is 59.1 Å². The Balaban J connectivity index is 0.000000236. The van der Waals surface area contributed by atoms with E-state index >= 15 is 0 Å². The smallest absolute Gasteiger partial charge is 0.109 e. The molecule has 0 bridgehead atoms. The molecule has 0 N–H and O–H groups in total. The van der Waals surface area contributed by atoms with Gasteiger partial charge in [-0.15, -0.1) is 46.2 Å². The molecule has 5 aromatic rings. The minimum Gasteiger partial charge on any atom is -1.00 e. The van der Waals surface area contributed by atoms with Gasteiger partial charge in [-0.2, -0.15) is 6.08 Å². The number of halogens is 4. The molecule has 0 saturated carbocycles. The molecule has 0 fully saturated rings. The molecule has 0 heterocycles. The van der Waals surface area contributed by atoms with Gasteiger partial charge >= 0.3 is 120 Å². The summed E-state index contributed by atoms with van der Waals surface area (Å²) in [6.07, 6.45) is 15.0. The quantitative estimate of drug-likeness (QED) is 0.156. The van der Waals surface area contributed by atoms with Crippen molar-refractivity contribution in [3.63, 3.8) is 0 Å². The molecule has 0 spiro atoms. The van der Waals surface area contributed by atoms with E-state index in [9.17, 15) is 0 Å². The van der Waals surface area contributed by atoms with E-state index in [4.69, 9.17) is 23.2 Å². The van der Waals surface area contributed by atoms with Crippen molar-refractivity contribution in [3.05, 3.63) is 159 Å². The zero-order chi connectivity index (χ0) is 37.8. The van der Waals surface area contributed by atoms with Gasteiger partial charge in [0.25, 0.3) is 0 Å². The average molecular weight is 872 g/mol. The first kappa shape index (κ1) is 44.3. The van der Waals surface area contributed by atoms with E-state index in [1.54, 1.807) is 0 Å². The standard InChI is InChI=1S/C31H37.C13H8Cl2.C5H5.2ClH.Zr/c1-28(2,3)26-16-30(7,8)24-12-18-11-19-13-25-23(15-21(19)20(18)14-22(24)26)27(29(4,5)6)17-31(25,9)10;14-12-5-1-3-10(8-12)7-11-4-2-6-13(15)9-11;1-2-4-5-3-1;;;/h11-17H,1-10H3;1-6,8-9H;1-3H,4H2;2*1H;/q-1;;-1;;;+2/p-2. The maximum atomic E-state index is 5.98. The number of hydrogen-bond donors (Lipinski definition) is 0. The normalized spacial score (nSPS) is 15.9.